The lowest BCUT2D eigenvalue weighted by Crippen LogP contribution is -2.33. The van der Waals surface area contributed by atoms with E-state index in [2.05, 4.69) is 0 Å². The number of nitrogens with zero attached hydrogens (tertiary/aromatic N) is 1. The van der Waals surface area contributed by atoms with Gasteiger partial charge in [0.15, 0.2) is 0 Å². The molecule has 4 heteroatoms. The highest BCUT2D eigenvalue weighted by Crippen LogP contribution is 2.55. The van der Waals surface area contributed by atoms with Crippen molar-refractivity contribution in [1.29, 1.82) is 0 Å². The second-order valence-corrected chi connectivity index (χ2v) is 6.45. The van der Waals surface area contributed by atoms with Crippen molar-refractivity contribution in [3.63, 3.8) is 0 Å². The zero-order chi connectivity index (χ0) is 12.8. The van der Waals surface area contributed by atoms with Gasteiger partial charge in [-0.25, -0.2) is 4.79 Å². The fourth-order valence-electron chi connectivity index (χ4n) is 4.64. The molecule has 18 heavy (non-hydrogen) atoms. The van der Waals surface area contributed by atoms with E-state index in [9.17, 15) is 9.59 Å². The number of amides is 1. The topological polar surface area (TPSA) is 57.6 Å². The number of rotatable bonds is 2. The molecule has 1 heterocycles. The molecule has 1 N–H and O–H groups in total. The minimum atomic E-state index is -0.804. The molecule has 3 aliphatic rings. The summed E-state index contributed by atoms with van der Waals surface area (Å²) in [6.07, 6.45) is 7.18. The molecule has 3 rings (SSSR count). The Hall–Kier alpha value is -1.06. The molecule has 4 nitrogen and oxygen atoms in total. The largest absolute Gasteiger partial charge is 0.465 e. The summed E-state index contributed by atoms with van der Waals surface area (Å²) in [6.45, 7) is 1.28. The molecule has 2 aliphatic carbocycles. The van der Waals surface area contributed by atoms with Crippen LogP contribution in [0.3, 0.4) is 0 Å². The first-order valence-corrected chi connectivity index (χ1v) is 7.09. The van der Waals surface area contributed by atoms with Gasteiger partial charge in [0.2, 0.25) is 0 Å². The van der Waals surface area contributed by atoms with Crippen molar-refractivity contribution in [3.8, 4) is 0 Å². The first-order valence-electron chi connectivity index (χ1n) is 7.09. The van der Waals surface area contributed by atoms with E-state index in [0.717, 1.165) is 12.8 Å². The lowest BCUT2D eigenvalue weighted by atomic mass is 9.73. The molecule has 1 amide bonds. The van der Waals surface area contributed by atoms with Gasteiger partial charge in [-0.05, 0) is 43.4 Å². The summed E-state index contributed by atoms with van der Waals surface area (Å²) >= 11 is 0. The van der Waals surface area contributed by atoms with Gasteiger partial charge in [-0.1, -0.05) is 12.8 Å². The summed E-state index contributed by atoms with van der Waals surface area (Å²) < 4.78 is 0. The Bertz CT molecular complexity index is 348. The molecule has 0 aromatic heterocycles. The Morgan fingerprint density at radius 2 is 1.72 bits per heavy atom. The van der Waals surface area contributed by atoms with E-state index >= 15 is 0 Å². The van der Waals surface area contributed by atoms with Gasteiger partial charge in [-0.2, -0.15) is 0 Å². The molecule has 0 bridgehead atoms. The Labute approximate surface area is 107 Å². The minimum Gasteiger partial charge on any atom is -0.465 e. The fraction of sp³-hybridized carbons (Fsp3) is 0.857. The molecular formula is C14H21NO3. The Kier molecular flexibility index (Phi) is 2.83. The van der Waals surface area contributed by atoms with E-state index in [4.69, 9.17) is 5.11 Å². The van der Waals surface area contributed by atoms with Crippen LogP contribution >= 0.6 is 0 Å². The Morgan fingerprint density at radius 1 is 1.17 bits per heavy atom. The fourth-order valence-corrected chi connectivity index (χ4v) is 4.64. The summed E-state index contributed by atoms with van der Waals surface area (Å²) in [6, 6.07) is 0. The standard InChI is InChI=1S/C14H21NO3/c16-9-14(12-3-1-2-4-12)5-10-7-15(13(17)18)8-11(10)6-14/h9-12H,1-8H2,(H,17,18). The van der Waals surface area contributed by atoms with E-state index in [0.29, 0.717) is 30.8 Å². The number of hydrogen-bond acceptors (Lipinski definition) is 2. The molecule has 2 saturated carbocycles. The SMILES string of the molecule is O=CC1(C2CCCC2)CC2CN(C(=O)O)CC2C1. The third kappa shape index (κ3) is 1.73. The number of carbonyl (C=O) groups excluding carboxylic acids is 1. The highest BCUT2D eigenvalue weighted by atomic mass is 16.4. The zero-order valence-corrected chi connectivity index (χ0v) is 10.7. The molecule has 100 valence electrons. The third-order valence-electron chi connectivity index (χ3n) is 5.53. The predicted octanol–water partition coefficient (Wildman–Crippen LogP) is 2.38. The van der Waals surface area contributed by atoms with Crippen LogP contribution in [0.25, 0.3) is 0 Å². The van der Waals surface area contributed by atoms with Crippen LogP contribution in [0.2, 0.25) is 0 Å². The molecule has 3 fully saturated rings. The maximum absolute atomic E-state index is 11.6. The van der Waals surface area contributed by atoms with Crippen LogP contribution < -0.4 is 0 Å². The average Bonchev–Trinajstić information content (AvgIpc) is 3.02. The summed E-state index contributed by atoms with van der Waals surface area (Å²) in [5.74, 6) is 1.41. The minimum absolute atomic E-state index is 0.115. The number of hydrogen-bond donors (Lipinski definition) is 1. The lowest BCUT2D eigenvalue weighted by molar-refractivity contribution is -0.119. The molecule has 2 atom stereocenters. The quantitative estimate of drug-likeness (QED) is 0.767. The van der Waals surface area contributed by atoms with Gasteiger partial charge in [-0.3, -0.25) is 0 Å². The first-order chi connectivity index (χ1) is 8.64. The van der Waals surface area contributed by atoms with Crippen molar-refractivity contribution >= 4 is 12.4 Å². The molecule has 0 aromatic carbocycles. The van der Waals surface area contributed by atoms with Crippen LogP contribution in [0.15, 0.2) is 0 Å². The maximum atomic E-state index is 11.6. The van der Waals surface area contributed by atoms with Crippen LogP contribution in [0.5, 0.6) is 0 Å². The van der Waals surface area contributed by atoms with Crippen LogP contribution in [-0.4, -0.2) is 35.5 Å². The first kappa shape index (κ1) is 12.0. The lowest BCUT2D eigenvalue weighted by Gasteiger charge is -2.31. The van der Waals surface area contributed by atoms with Gasteiger partial charge in [-0.15, -0.1) is 0 Å². The highest BCUT2D eigenvalue weighted by molar-refractivity contribution is 5.66. The molecule has 0 spiro atoms. The predicted molar refractivity (Wildman–Crippen MR) is 66.3 cm³/mol. The molecule has 0 aromatic rings. The summed E-state index contributed by atoms with van der Waals surface area (Å²) in [5.41, 5.74) is -0.115. The molecular weight excluding hydrogens is 230 g/mol. The van der Waals surface area contributed by atoms with Gasteiger partial charge in [0.1, 0.15) is 6.29 Å². The maximum Gasteiger partial charge on any atom is 0.407 e. The van der Waals surface area contributed by atoms with Crippen LogP contribution in [0.1, 0.15) is 38.5 Å². The normalized spacial score (nSPS) is 40.1. The summed E-state index contributed by atoms with van der Waals surface area (Å²) in [4.78, 5) is 24.1. The van der Waals surface area contributed by atoms with E-state index in [1.165, 1.54) is 36.9 Å². The van der Waals surface area contributed by atoms with Crippen molar-refractivity contribution < 1.29 is 14.7 Å². The molecule has 0 radical (unpaired) electrons. The van der Waals surface area contributed by atoms with E-state index < -0.39 is 6.09 Å². The Balaban J connectivity index is 1.72. The van der Waals surface area contributed by atoms with Crippen LogP contribution in [-0.2, 0) is 4.79 Å². The van der Waals surface area contributed by atoms with E-state index in [1.807, 2.05) is 0 Å². The Morgan fingerprint density at radius 3 is 2.17 bits per heavy atom. The molecule has 1 aliphatic heterocycles. The number of likely N-dealkylation sites (tertiary alicyclic amines) is 1. The van der Waals surface area contributed by atoms with Crippen molar-refractivity contribution in [1.82, 2.24) is 4.90 Å². The number of carbonyl (C=O) groups is 2. The molecule has 2 unspecified atom stereocenters. The monoisotopic (exact) mass is 251 g/mol. The van der Waals surface area contributed by atoms with Gasteiger partial charge >= 0.3 is 6.09 Å². The van der Waals surface area contributed by atoms with Gasteiger partial charge in [0.05, 0.1) is 0 Å². The number of fused-ring (bicyclic) bond motifs is 1. The second kappa shape index (κ2) is 4.25. The number of aldehydes is 1. The summed E-state index contributed by atoms with van der Waals surface area (Å²) in [5, 5.41) is 9.02. The van der Waals surface area contributed by atoms with E-state index in [-0.39, 0.29) is 5.41 Å². The van der Waals surface area contributed by atoms with Crippen LogP contribution in [0, 0.1) is 23.2 Å². The second-order valence-electron chi connectivity index (χ2n) is 6.45. The zero-order valence-electron chi connectivity index (χ0n) is 10.7. The molecule has 1 saturated heterocycles. The third-order valence-corrected chi connectivity index (χ3v) is 5.53. The van der Waals surface area contributed by atoms with E-state index in [1.54, 1.807) is 0 Å². The van der Waals surface area contributed by atoms with Crippen molar-refractivity contribution in [2.24, 2.45) is 23.2 Å². The van der Waals surface area contributed by atoms with Crippen molar-refractivity contribution in [2.75, 3.05) is 13.1 Å². The number of carboxylic acid groups (broad SMARTS) is 1. The van der Waals surface area contributed by atoms with Crippen LogP contribution in [0.4, 0.5) is 4.79 Å². The van der Waals surface area contributed by atoms with Gasteiger partial charge < -0.3 is 14.8 Å². The van der Waals surface area contributed by atoms with Gasteiger partial charge in [0.25, 0.3) is 0 Å². The average molecular weight is 251 g/mol. The van der Waals surface area contributed by atoms with Crippen molar-refractivity contribution in [2.45, 2.75) is 38.5 Å². The summed E-state index contributed by atoms with van der Waals surface area (Å²) in [7, 11) is 0. The smallest absolute Gasteiger partial charge is 0.407 e. The van der Waals surface area contributed by atoms with Gasteiger partial charge in [0, 0.05) is 18.5 Å². The van der Waals surface area contributed by atoms with Crippen molar-refractivity contribution in [3.05, 3.63) is 0 Å². The highest BCUT2D eigenvalue weighted by Gasteiger charge is 2.53.